The third-order valence-corrected chi connectivity index (χ3v) is 6.21. The Bertz CT molecular complexity index is 812. The predicted octanol–water partition coefficient (Wildman–Crippen LogP) is 3.09. The van der Waals surface area contributed by atoms with Crippen LogP contribution in [0.5, 0.6) is 0 Å². The molecule has 152 valence electrons. The minimum atomic E-state index is -0.464. The Morgan fingerprint density at radius 3 is 2.75 bits per heavy atom. The van der Waals surface area contributed by atoms with Crippen LogP contribution in [0.3, 0.4) is 0 Å². The molecule has 0 radical (unpaired) electrons. The molecule has 1 atom stereocenters. The average molecular weight is 426 g/mol. The van der Waals surface area contributed by atoms with E-state index in [1.165, 1.54) is 4.90 Å². The summed E-state index contributed by atoms with van der Waals surface area (Å²) in [7, 11) is 1.63. The highest BCUT2D eigenvalue weighted by Gasteiger charge is 2.37. The second-order valence-electron chi connectivity index (χ2n) is 7.35. The molecule has 1 saturated heterocycles. The molecule has 2 aliphatic heterocycles. The SMILES string of the molecule is CCN1CCCC1CN1CC(C(=O)N(C)Cc2ccc(Cl)c(Cl)c2)=C(O)C1=O. The average Bonchev–Trinajstić information content (AvgIpc) is 3.23. The normalized spacial score (nSPS) is 20.4. The van der Waals surface area contributed by atoms with Crippen molar-refractivity contribution in [3.63, 3.8) is 0 Å². The quantitative estimate of drug-likeness (QED) is 0.760. The lowest BCUT2D eigenvalue weighted by Gasteiger charge is -2.27. The van der Waals surface area contributed by atoms with Gasteiger partial charge in [0, 0.05) is 26.2 Å². The molecule has 1 N–H and O–H groups in total. The Balaban J connectivity index is 1.65. The Morgan fingerprint density at radius 1 is 1.32 bits per heavy atom. The number of aliphatic hydroxyl groups excluding tert-OH is 1. The van der Waals surface area contributed by atoms with Gasteiger partial charge in [-0.25, -0.2) is 0 Å². The van der Waals surface area contributed by atoms with Crippen LogP contribution in [0, 0.1) is 0 Å². The van der Waals surface area contributed by atoms with Crippen molar-refractivity contribution in [2.24, 2.45) is 0 Å². The number of carbonyl (C=O) groups excluding carboxylic acids is 2. The third-order valence-electron chi connectivity index (χ3n) is 5.47. The van der Waals surface area contributed by atoms with Gasteiger partial charge < -0.3 is 14.9 Å². The fraction of sp³-hybridized carbons (Fsp3) is 0.500. The maximum absolute atomic E-state index is 12.8. The van der Waals surface area contributed by atoms with Gasteiger partial charge in [-0.05, 0) is 43.6 Å². The summed E-state index contributed by atoms with van der Waals surface area (Å²) in [6, 6.07) is 5.45. The summed E-state index contributed by atoms with van der Waals surface area (Å²) < 4.78 is 0. The summed E-state index contributed by atoms with van der Waals surface area (Å²) in [5.74, 6) is -1.26. The van der Waals surface area contributed by atoms with Crippen LogP contribution in [-0.2, 0) is 16.1 Å². The minimum absolute atomic E-state index is 0.142. The zero-order valence-corrected chi connectivity index (χ0v) is 17.6. The highest BCUT2D eigenvalue weighted by Crippen LogP contribution is 2.26. The molecule has 0 spiro atoms. The molecule has 2 heterocycles. The number of benzene rings is 1. The number of carbonyl (C=O) groups is 2. The number of hydrogen-bond donors (Lipinski definition) is 1. The number of aliphatic hydroxyl groups is 1. The van der Waals surface area contributed by atoms with Gasteiger partial charge in [0.1, 0.15) is 0 Å². The fourth-order valence-electron chi connectivity index (χ4n) is 3.92. The fourth-order valence-corrected chi connectivity index (χ4v) is 4.24. The van der Waals surface area contributed by atoms with Crippen molar-refractivity contribution in [2.45, 2.75) is 32.4 Å². The van der Waals surface area contributed by atoms with E-state index in [2.05, 4.69) is 11.8 Å². The van der Waals surface area contributed by atoms with Crippen molar-refractivity contribution in [1.82, 2.24) is 14.7 Å². The van der Waals surface area contributed by atoms with Crippen molar-refractivity contribution >= 4 is 35.0 Å². The molecular formula is C20H25Cl2N3O3. The van der Waals surface area contributed by atoms with Gasteiger partial charge in [-0.3, -0.25) is 14.5 Å². The van der Waals surface area contributed by atoms with E-state index in [1.807, 2.05) is 0 Å². The molecule has 1 unspecified atom stereocenters. The molecule has 1 fully saturated rings. The number of hydrogen-bond acceptors (Lipinski definition) is 4. The lowest BCUT2D eigenvalue weighted by molar-refractivity contribution is -0.128. The summed E-state index contributed by atoms with van der Waals surface area (Å²) in [5, 5.41) is 11.1. The van der Waals surface area contributed by atoms with Crippen LogP contribution < -0.4 is 0 Å². The summed E-state index contributed by atoms with van der Waals surface area (Å²) >= 11 is 12.0. The predicted molar refractivity (Wildman–Crippen MR) is 109 cm³/mol. The molecule has 0 aliphatic carbocycles. The van der Waals surface area contributed by atoms with E-state index < -0.39 is 11.7 Å². The Morgan fingerprint density at radius 2 is 2.07 bits per heavy atom. The highest BCUT2D eigenvalue weighted by atomic mass is 35.5. The summed E-state index contributed by atoms with van der Waals surface area (Å²) in [6.45, 7) is 5.04. The summed E-state index contributed by atoms with van der Waals surface area (Å²) in [5.41, 5.74) is 0.963. The smallest absolute Gasteiger partial charge is 0.289 e. The van der Waals surface area contributed by atoms with Gasteiger partial charge >= 0.3 is 0 Å². The van der Waals surface area contributed by atoms with Crippen LogP contribution in [0.2, 0.25) is 10.0 Å². The number of likely N-dealkylation sites (tertiary alicyclic amines) is 1. The molecule has 1 aromatic carbocycles. The van der Waals surface area contributed by atoms with Crippen LogP contribution in [0.4, 0.5) is 0 Å². The number of halogens is 2. The van der Waals surface area contributed by atoms with Gasteiger partial charge in [0.05, 0.1) is 22.2 Å². The molecule has 3 rings (SSSR count). The second kappa shape index (κ2) is 8.72. The molecule has 2 amide bonds. The Hall–Kier alpha value is -1.76. The Kier molecular flexibility index (Phi) is 6.53. The largest absolute Gasteiger partial charge is 0.503 e. The van der Waals surface area contributed by atoms with Crippen LogP contribution in [0.25, 0.3) is 0 Å². The van der Waals surface area contributed by atoms with E-state index in [-0.39, 0.29) is 24.1 Å². The molecule has 0 aromatic heterocycles. The lowest BCUT2D eigenvalue weighted by Crippen LogP contribution is -2.42. The third kappa shape index (κ3) is 4.29. The molecule has 1 aromatic rings. The highest BCUT2D eigenvalue weighted by molar-refractivity contribution is 6.42. The van der Waals surface area contributed by atoms with Gasteiger partial charge in [-0.15, -0.1) is 0 Å². The molecule has 28 heavy (non-hydrogen) atoms. The first-order valence-electron chi connectivity index (χ1n) is 9.46. The van der Waals surface area contributed by atoms with Crippen molar-refractivity contribution in [1.29, 1.82) is 0 Å². The van der Waals surface area contributed by atoms with E-state index in [1.54, 1.807) is 30.1 Å². The van der Waals surface area contributed by atoms with E-state index in [0.717, 1.165) is 31.5 Å². The standard InChI is InChI=1S/C20H25Cl2N3O3/c1-3-24-8-4-5-14(24)11-25-12-15(18(26)20(25)28)19(27)23(2)10-13-6-7-16(21)17(22)9-13/h6-7,9,14,26H,3-5,8,10-12H2,1-2H3. The number of likely N-dealkylation sites (N-methyl/N-ethyl adjacent to an activating group) is 2. The van der Waals surface area contributed by atoms with Crippen LogP contribution >= 0.6 is 23.2 Å². The van der Waals surface area contributed by atoms with Gasteiger partial charge in [-0.2, -0.15) is 0 Å². The van der Waals surface area contributed by atoms with Gasteiger partial charge in [0.25, 0.3) is 11.8 Å². The van der Waals surface area contributed by atoms with Crippen molar-refractivity contribution < 1.29 is 14.7 Å². The molecular weight excluding hydrogens is 401 g/mol. The van der Waals surface area contributed by atoms with Crippen LogP contribution in [0.1, 0.15) is 25.3 Å². The zero-order chi connectivity index (χ0) is 20.4. The van der Waals surface area contributed by atoms with Crippen molar-refractivity contribution in [3.05, 3.63) is 45.1 Å². The van der Waals surface area contributed by atoms with E-state index in [0.29, 0.717) is 23.1 Å². The Labute approximate surface area is 175 Å². The second-order valence-corrected chi connectivity index (χ2v) is 8.16. The first kappa shape index (κ1) is 21.0. The topological polar surface area (TPSA) is 64.1 Å². The molecule has 0 bridgehead atoms. The molecule has 2 aliphatic rings. The lowest BCUT2D eigenvalue weighted by atomic mass is 10.1. The number of rotatable bonds is 6. The van der Waals surface area contributed by atoms with Gasteiger partial charge in [-0.1, -0.05) is 36.2 Å². The maximum atomic E-state index is 12.8. The van der Waals surface area contributed by atoms with Crippen molar-refractivity contribution in [3.8, 4) is 0 Å². The van der Waals surface area contributed by atoms with E-state index in [4.69, 9.17) is 23.2 Å². The summed E-state index contributed by atoms with van der Waals surface area (Å²) in [4.78, 5) is 30.7. The number of amides is 2. The van der Waals surface area contributed by atoms with E-state index >= 15 is 0 Å². The number of nitrogens with zero attached hydrogens (tertiary/aromatic N) is 3. The molecule has 6 nitrogen and oxygen atoms in total. The van der Waals surface area contributed by atoms with E-state index in [9.17, 15) is 14.7 Å². The minimum Gasteiger partial charge on any atom is -0.503 e. The first-order valence-corrected chi connectivity index (χ1v) is 10.2. The molecule has 0 saturated carbocycles. The van der Waals surface area contributed by atoms with Gasteiger partial charge in [0.2, 0.25) is 0 Å². The van der Waals surface area contributed by atoms with Gasteiger partial charge in [0.15, 0.2) is 5.76 Å². The first-order chi connectivity index (χ1) is 13.3. The van der Waals surface area contributed by atoms with Crippen molar-refractivity contribution in [2.75, 3.05) is 33.2 Å². The monoisotopic (exact) mass is 425 g/mol. The summed E-state index contributed by atoms with van der Waals surface area (Å²) in [6.07, 6.45) is 2.14. The van der Waals surface area contributed by atoms with Crippen LogP contribution in [0.15, 0.2) is 29.5 Å². The zero-order valence-electron chi connectivity index (χ0n) is 16.1. The molecule has 8 heteroatoms. The van der Waals surface area contributed by atoms with Crippen LogP contribution in [-0.4, -0.2) is 70.9 Å². The maximum Gasteiger partial charge on any atom is 0.289 e.